The van der Waals surface area contributed by atoms with E-state index in [-0.39, 0.29) is 18.2 Å². The lowest BCUT2D eigenvalue weighted by Gasteiger charge is -2.20. The van der Waals surface area contributed by atoms with Gasteiger partial charge in [0.1, 0.15) is 0 Å². The Kier molecular flexibility index (Phi) is 6.25. The van der Waals surface area contributed by atoms with E-state index in [1.165, 1.54) is 13.2 Å². The molecule has 0 bridgehead atoms. The fourth-order valence-electron chi connectivity index (χ4n) is 1.76. The normalized spacial score (nSPS) is 14.3. The van der Waals surface area contributed by atoms with Crippen LogP contribution in [0.3, 0.4) is 0 Å². The molecular weight excluding hydrogens is 295 g/mol. The number of guanidine groups is 1. The molecule has 8 heteroatoms. The lowest BCUT2D eigenvalue weighted by molar-refractivity contribution is -0.142. The minimum atomic E-state index is -4.47. The number of rotatable bonds is 5. The van der Waals surface area contributed by atoms with E-state index >= 15 is 0 Å². The zero-order chi connectivity index (χ0) is 16.9. The van der Waals surface area contributed by atoms with Crippen LogP contribution in [0.1, 0.15) is 39.0 Å². The third-order valence-electron chi connectivity index (χ3n) is 3.29. The highest BCUT2D eigenvalue weighted by Crippen LogP contribution is 2.30. The van der Waals surface area contributed by atoms with E-state index in [9.17, 15) is 13.2 Å². The molecule has 22 heavy (non-hydrogen) atoms. The first-order chi connectivity index (χ1) is 10.1. The summed E-state index contributed by atoms with van der Waals surface area (Å²) in [7, 11) is 1.47. The predicted octanol–water partition coefficient (Wildman–Crippen LogP) is 2.54. The average molecular weight is 319 g/mol. The van der Waals surface area contributed by atoms with Gasteiger partial charge in [0, 0.05) is 31.4 Å². The van der Waals surface area contributed by atoms with Gasteiger partial charge in [-0.15, -0.1) is 0 Å². The van der Waals surface area contributed by atoms with Gasteiger partial charge in [0.2, 0.25) is 0 Å². The van der Waals surface area contributed by atoms with Crippen molar-refractivity contribution in [3.63, 3.8) is 0 Å². The summed E-state index contributed by atoms with van der Waals surface area (Å²) in [6.45, 7) is 8.58. The molecule has 0 saturated heterocycles. The Morgan fingerprint density at radius 1 is 1.36 bits per heavy atom. The number of alkyl halides is 3. The molecule has 126 valence electrons. The Balaban J connectivity index is 2.91. The van der Waals surface area contributed by atoms with Crippen LogP contribution >= 0.6 is 0 Å². The summed E-state index contributed by atoms with van der Waals surface area (Å²) in [6.07, 6.45) is -3.12. The second kappa shape index (κ2) is 7.51. The molecule has 1 unspecified atom stereocenters. The fraction of sp³-hybridized carbons (Fsp3) is 0.714. The molecule has 0 aliphatic carbocycles. The zero-order valence-corrected chi connectivity index (χ0v) is 13.6. The van der Waals surface area contributed by atoms with E-state index in [0.29, 0.717) is 18.4 Å². The summed E-state index contributed by atoms with van der Waals surface area (Å²) in [6, 6.07) is 0.161. The van der Waals surface area contributed by atoms with Crippen molar-refractivity contribution in [1.82, 2.24) is 20.4 Å². The van der Waals surface area contributed by atoms with Gasteiger partial charge in [-0.25, -0.2) is 4.99 Å². The molecule has 0 amide bonds. The van der Waals surface area contributed by atoms with Gasteiger partial charge in [-0.05, 0) is 19.8 Å². The first-order valence-corrected chi connectivity index (χ1v) is 7.29. The highest BCUT2D eigenvalue weighted by Gasteiger charge is 2.36. The molecule has 0 fully saturated rings. The molecule has 1 atom stereocenters. The van der Waals surface area contributed by atoms with Crippen LogP contribution in [0.2, 0.25) is 0 Å². The monoisotopic (exact) mass is 319 g/mol. The second-order valence-electron chi connectivity index (χ2n) is 5.55. The first-order valence-electron chi connectivity index (χ1n) is 7.29. The third kappa shape index (κ3) is 5.23. The molecule has 5 nitrogen and oxygen atoms in total. The standard InChI is InChI=1S/C14H24F3N5/c1-6-18-13(20-10(4)9(2)3)19-7-11-8-22(5)21-12(11)14(15,16)17/h8-10H,6-7H2,1-5H3,(H2,18,19,20). The number of nitrogens with zero attached hydrogens (tertiary/aromatic N) is 3. The number of aromatic nitrogens is 2. The maximum Gasteiger partial charge on any atom is 0.435 e. The van der Waals surface area contributed by atoms with Crippen molar-refractivity contribution < 1.29 is 13.2 Å². The molecule has 0 spiro atoms. The predicted molar refractivity (Wildman–Crippen MR) is 80.5 cm³/mol. The molecule has 0 aliphatic heterocycles. The largest absolute Gasteiger partial charge is 0.435 e. The summed E-state index contributed by atoms with van der Waals surface area (Å²) in [5.74, 6) is 0.883. The van der Waals surface area contributed by atoms with Gasteiger partial charge in [0.15, 0.2) is 11.7 Å². The van der Waals surface area contributed by atoms with Gasteiger partial charge in [0.05, 0.1) is 6.54 Å². The molecule has 0 aliphatic rings. The lowest BCUT2D eigenvalue weighted by Crippen LogP contribution is -2.44. The van der Waals surface area contributed by atoms with E-state index in [1.807, 2.05) is 13.8 Å². The Hall–Kier alpha value is -1.73. The molecule has 2 N–H and O–H groups in total. The van der Waals surface area contributed by atoms with E-state index < -0.39 is 11.9 Å². The summed E-state index contributed by atoms with van der Waals surface area (Å²) in [4.78, 5) is 4.23. The van der Waals surface area contributed by atoms with E-state index in [2.05, 4.69) is 34.6 Å². The van der Waals surface area contributed by atoms with Crippen molar-refractivity contribution >= 4 is 5.96 Å². The van der Waals surface area contributed by atoms with E-state index in [0.717, 1.165) is 4.68 Å². The van der Waals surface area contributed by atoms with Crippen LogP contribution in [0, 0.1) is 5.92 Å². The maximum atomic E-state index is 12.9. The molecule has 1 rings (SSSR count). The number of hydrogen-bond donors (Lipinski definition) is 2. The molecule has 1 heterocycles. The summed E-state index contributed by atoms with van der Waals surface area (Å²) in [5, 5.41) is 9.69. The number of aryl methyl sites for hydroxylation is 1. The van der Waals surface area contributed by atoms with Crippen LogP contribution in [0.4, 0.5) is 13.2 Å². The molecule has 1 aromatic rings. The highest BCUT2D eigenvalue weighted by molar-refractivity contribution is 5.80. The van der Waals surface area contributed by atoms with Crippen LogP contribution in [0.5, 0.6) is 0 Å². The first kappa shape index (κ1) is 18.3. The van der Waals surface area contributed by atoms with Crippen LogP contribution in [-0.4, -0.2) is 28.3 Å². The molecule has 1 aromatic heterocycles. The molecule has 0 aromatic carbocycles. The smallest absolute Gasteiger partial charge is 0.357 e. The van der Waals surface area contributed by atoms with E-state index in [4.69, 9.17) is 0 Å². The van der Waals surface area contributed by atoms with Gasteiger partial charge in [0.25, 0.3) is 0 Å². The number of hydrogen-bond acceptors (Lipinski definition) is 2. The van der Waals surface area contributed by atoms with Gasteiger partial charge >= 0.3 is 6.18 Å². The number of halogens is 3. The topological polar surface area (TPSA) is 54.2 Å². The maximum absolute atomic E-state index is 12.9. The van der Waals surface area contributed by atoms with Crippen molar-refractivity contribution in [1.29, 1.82) is 0 Å². The molecule has 0 saturated carbocycles. The van der Waals surface area contributed by atoms with E-state index in [1.54, 1.807) is 0 Å². The molecule has 0 radical (unpaired) electrons. The van der Waals surface area contributed by atoms with Crippen LogP contribution in [0.25, 0.3) is 0 Å². The third-order valence-corrected chi connectivity index (χ3v) is 3.29. The Labute approximate surface area is 129 Å². The lowest BCUT2D eigenvalue weighted by atomic mass is 10.1. The Morgan fingerprint density at radius 2 is 2.00 bits per heavy atom. The summed E-state index contributed by atoms with van der Waals surface area (Å²) in [5.41, 5.74) is -0.823. The SMILES string of the molecule is CCNC(=NCc1cn(C)nc1C(F)(F)F)NC(C)C(C)C. The second-order valence-corrected chi connectivity index (χ2v) is 5.55. The fourth-order valence-corrected chi connectivity index (χ4v) is 1.76. The Bertz CT molecular complexity index is 505. The number of aliphatic imine (C=N–C) groups is 1. The van der Waals surface area contributed by atoms with Gasteiger partial charge in [-0.1, -0.05) is 13.8 Å². The van der Waals surface area contributed by atoms with Gasteiger partial charge in [-0.3, -0.25) is 4.68 Å². The quantitative estimate of drug-likeness (QED) is 0.648. The molecular formula is C14H24F3N5. The zero-order valence-electron chi connectivity index (χ0n) is 13.6. The van der Waals surface area contributed by atoms with Gasteiger partial charge < -0.3 is 10.6 Å². The van der Waals surface area contributed by atoms with Crippen molar-refractivity contribution in [2.45, 2.75) is 46.5 Å². The number of nitrogens with one attached hydrogen (secondary N) is 2. The van der Waals surface area contributed by atoms with Gasteiger partial charge in [-0.2, -0.15) is 18.3 Å². The minimum Gasteiger partial charge on any atom is -0.357 e. The van der Waals surface area contributed by atoms with Crippen molar-refractivity contribution in [2.75, 3.05) is 6.54 Å². The van der Waals surface area contributed by atoms with Crippen LogP contribution < -0.4 is 10.6 Å². The van der Waals surface area contributed by atoms with Crippen LogP contribution in [0.15, 0.2) is 11.2 Å². The summed E-state index contributed by atoms with van der Waals surface area (Å²) >= 11 is 0. The summed E-state index contributed by atoms with van der Waals surface area (Å²) < 4.78 is 39.8. The minimum absolute atomic E-state index is 0.0596. The Morgan fingerprint density at radius 3 is 2.50 bits per heavy atom. The highest BCUT2D eigenvalue weighted by atomic mass is 19.4. The van der Waals surface area contributed by atoms with Crippen molar-refractivity contribution in [3.8, 4) is 0 Å². The van der Waals surface area contributed by atoms with Crippen molar-refractivity contribution in [2.24, 2.45) is 18.0 Å². The average Bonchev–Trinajstić information content (AvgIpc) is 2.77. The van der Waals surface area contributed by atoms with Crippen molar-refractivity contribution in [3.05, 3.63) is 17.5 Å². The van der Waals surface area contributed by atoms with Crippen LogP contribution in [-0.2, 0) is 19.8 Å².